The monoisotopic (exact) mass is 467 g/mol. The van der Waals surface area contributed by atoms with Crippen LogP contribution in [0.4, 0.5) is 24.1 Å². The van der Waals surface area contributed by atoms with Gasteiger partial charge in [0.25, 0.3) is 0 Å². The Morgan fingerprint density at radius 1 is 0.909 bits per heavy atom. The Bertz CT molecular complexity index is 1250. The first kappa shape index (κ1) is 22.5. The van der Waals surface area contributed by atoms with Gasteiger partial charge in [0.2, 0.25) is 5.13 Å². The van der Waals surface area contributed by atoms with Crippen molar-refractivity contribution in [3.8, 4) is 22.5 Å². The summed E-state index contributed by atoms with van der Waals surface area (Å²) in [5, 5.41) is 6.82. The first-order chi connectivity index (χ1) is 15.8. The van der Waals surface area contributed by atoms with Crippen molar-refractivity contribution in [1.82, 2.24) is 9.97 Å². The number of thiazole rings is 1. The predicted octanol–water partition coefficient (Wildman–Crippen LogP) is 6.40. The Balaban J connectivity index is 1.47. The zero-order chi connectivity index (χ0) is 23.4. The number of hydrogen-bond donors (Lipinski definition) is 1. The van der Waals surface area contributed by atoms with Crippen molar-refractivity contribution < 1.29 is 13.2 Å². The molecule has 9 heteroatoms. The fraction of sp³-hybridized carbons (Fsp3) is 0.125. The fourth-order valence-corrected chi connectivity index (χ4v) is 3.69. The van der Waals surface area contributed by atoms with Gasteiger partial charge in [-0.2, -0.15) is 18.3 Å². The lowest BCUT2D eigenvalue weighted by atomic mass is 10.1. The van der Waals surface area contributed by atoms with Crippen LogP contribution < -0.4 is 10.3 Å². The van der Waals surface area contributed by atoms with Gasteiger partial charge in [-0.25, -0.2) is 9.97 Å². The number of nitrogens with one attached hydrogen (secondary N) is 1. The zero-order valence-corrected chi connectivity index (χ0v) is 18.7. The van der Waals surface area contributed by atoms with Crippen LogP contribution in [-0.4, -0.2) is 30.3 Å². The standard InChI is InChI=1S/C24H20F3N5S/c1-32(2)22-13-19(24(25,26)27)12-20(29-22)18-10-8-16(9-11-18)14-28-31-23-30-21(15-33-23)17-6-4-3-5-7-17/h3-15H,1-2H3,(H,30,31). The molecule has 0 aliphatic rings. The van der Waals surface area contributed by atoms with E-state index in [0.717, 1.165) is 29.0 Å². The van der Waals surface area contributed by atoms with E-state index >= 15 is 0 Å². The third kappa shape index (κ3) is 5.56. The molecule has 4 aromatic rings. The second-order valence-electron chi connectivity index (χ2n) is 7.39. The van der Waals surface area contributed by atoms with Crippen LogP contribution >= 0.6 is 11.3 Å². The number of hydrogen-bond acceptors (Lipinski definition) is 6. The summed E-state index contributed by atoms with van der Waals surface area (Å²) in [4.78, 5) is 10.4. The maximum atomic E-state index is 13.3. The van der Waals surface area contributed by atoms with Gasteiger partial charge in [-0.3, -0.25) is 5.43 Å². The molecule has 0 atom stereocenters. The van der Waals surface area contributed by atoms with Gasteiger partial charge < -0.3 is 4.90 Å². The summed E-state index contributed by atoms with van der Waals surface area (Å²) in [5.74, 6) is 0.244. The highest BCUT2D eigenvalue weighted by Crippen LogP contribution is 2.34. The summed E-state index contributed by atoms with van der Waals surface area (Å²) < 4.78 is 39.9. The SMILES string of the molecule is CN(C)c1cc(C(F)(F)F)cc(-c2ccc(C=NNc3nc(-c4ccccc4)cs3)cc2)n1. The lowest BCUT2D eigenvalue weighted by Gasteiger charge is -2.16. The Labute approximate surface area is 193 Å². The van der Waals surface area contributed by atoms with Crippen LogP contribution in [0.2, 0.25) is 0 Å². The number of aromatic nitrogens is 2. The second-order valence-corrected chi connectivity index (χ2v) is 8.25. The molecule has 2 heterocycles. The Morgan fingerprint density at radius 2 is 1.61 bits per heavy atom. The molecule has 0 bridgehead atoms. The lowest BCUT2D eigenvalue weighted by Crippen LogP contribution is -2.14. The average molecular weight is 468 g/mol. The molecule has 0 spiro atoms. The minimum Gasteiger partial charge on any atom is -0.363 e. The third-order valence-corrected chi connectivity index (χ3v) is 5.50. The Morgan fingerprint density at radius 3 is 2.27 bits per heavy atom. The van der Waals surface area contributed by atoms with Gasteiger partial charge in [-0.15, -0.1) is 11.3 Å². The van der Waals surface area contributed by atoms with Gasteiger partial charge >= 0.3 is 6.18 Å². The summed E-state index contributed by atoms with van der Waals surface area (Å²) in [5.41, 5.74) is 5.70. The van der Waals surface area contributed by atoms with E-state index in [1.165, 1.54) is 11.3 Å². The minimum atomic E-state index is -4.45. The van der Waals surface area contributed by atoms with Crippen LogP contribution in [0, 0.1) is 0 Å². The average Bonchev–Trinajstić information content (AvgIpc) is 3.28. The van der Waals surface area contributed by atoms with Gasteiger partial charge in [-0.1, -0.05) is 54.6 Å². The summed E-state index contributed by atoms with van der Waals surface area (Å²) in [6, 6.07) is 18.9. The molecule has 0 aliphatic carbocycles. The van der Waals surface area contributed by atoms with Crippen molar-refractivity contribution >= 4 is 28.5 Å². The van der Waals surface area contributed by atoms with E-state index in [-0.39, 0.29) is 11.5 Å². The molecule has 0 radical (unpaired) electrons. The summed E-state index contributed by atoms with van der Waals surface area (Å²) in [6.07, 6.45) is -2.82. The molecule has 1 N–H and O–H groups in total. The largest absolute Gasteiger partial charge is 0.416 e. The first-order valence-corrected chi connectivity index (χ1v) is 10.8. The summed E-state index contributed by atoms with van der Waals surface area (Å²) in [6.45, 7) is 0. The molecular formula is C24H20F3N5S. The maximum absolute atomic E-state index is 13.3. The quantitative estimate of drug-likeness (QED) is 0.263. The van der Waals surface area contributed by atoms with Crippen LogP contribution in [0.25, 0.3) is 22.5 Å². The summed E-state index contributed by atoms with van der Waals surface area (Å²) >= 11 is 1.45. The molecular weight excluding hydrogens is 447 g/mol. The van der Waals surface area contributed by atoms with Crippen molar-refractivity contribution in [1.29, 1.82) is 0 Å². The number of pyridine rings is 1. The van der Waals surface area contributed by atoms with E-state index in [0.29, 0.717) is 10.7 Å². The molecule has 33 heavy (non-hydrogen) atoms. The maximum Gasteiger partial charge on any atom is 0.416 e. The molecule has 0 fully saturated rings. The lowest BCUT2D eigenvalue weighted by molar-refractivity contribution is -0.137. The number of rotatable bonds is 6. The fourth-order valence-electron chi connectivity index (χ4n) is 3.03. The Hall–Kier alpha value is -3.72. The first-order valence-electron chi connectivity index (χ1n) is 9.97. The Kier molecular flexibility index (Phi) is 6.41. The zero-order valence-electron chi connectivity index (χ0n) is 17.8. The molecule has 0 aliphatic heterocycles. The van der Waals surface area contributed by atoms with Crippen molar-refractivity contribution in [2.45, 2.75) is 6.18 Å². The molecule has 4 rings (SSSR count). The molecule has 0 saturated heterocycles. The highest BCUT2D eigenvalue weighted by atomic mass is 32.1. The van der Waals surface area contributed by atoms with Crippen molar-refractivity contribution in [2.24, 2.45) is 5.10 Å². The van der Waals surface area contributed by atoms with Crippen molar-refractivity contribution in [3.05, 3.63) is 83.2 Å². The van der Waals surface area contributed by atoms with E-state index in [1.807, 2.05) is 35.7 Å². The highest BCUT2D eigenvalue weighted by molar-refractivity contribution is 7.14. The van der Waals surface area contributed by atoms with E-state index < -0.39 is 11.7 Å². The van der Waals surface area contributed by atoms with Gasteiger partial charge in [0, 0.05) is 30.6 Å². The van der Waals surface area contributed by atoms with E-state index in [1.54, 1.807) is 49.5 Å². The summed E-state index contributed by atoms with van der Waals surface area (Å²) in [7, 11) is 3.31. The molecule has 2 aromatic carbocycles. The smallest absolute Gasteiger partial charge is 0.363 e. The van der Waals surface area contributed by atoms with Crippen LogP contribution in [0.15, 0.2) is 77.2 Å². The van der Waals surface area contributed by atoms with Crippen molar-refractivity contribution in [3.63, 3.8) is 0 Å². The van der Waals surface area contributed by atoms with Crippen LogP contribution in [0.3, 0.4) is 0 Å². The number of benzene rings is 2. The number of halogens is 3. The normalized spacial score (nSPS) is 11.7. The molecule has 0 saturated carbocycles. The number of hydrazone groups is 1. The molecule has 0 unspecified atom stereocenters. The van der Waals surface area contributed by atoms with Gasteiger partial charge in [0.1, 0.15) is 5.82 Å². The van der Waals surface area contributed by atoms with E-state index in [4.69, 9.17) is 0 Å². The second kappa shape index (κ2) is 9.41. The highest BCUT2D eigenvalue weighted by Gasteiger charge is 2.32. The van der Waals surface area contributed by atoms with Crippen LogP contribution in [0.1, 0.15) is 11.1 Å². The minimum absolute atomic E-state index is 0.244. The molecule has 168 valence electrons. The van der Waals surface area contributed by atoms with Crippen LogP contribution in [0.5, 0.6) is 0 Å². The van der Waals surface area contributed by atoms with Crippen LogP contribution in [-0.2, 0) is 6.18 Å². The molecule has 2 aromatic heterocycles. The number of anilines is 2. The van der Waals surface area contributed by atoms with Gasteiger partial charge in [0.15, 0.2) is 0 Å². The van der Waals surface area contributed by atoms with E-state index in [9.17, 15) is 13.2 Å². The molecule has 0 amide bonds. The van der Waals surface area contributed by atoms with Gasteiger partial charge in [-0.05, 0) is 17.7 Å². The predicted molar refractivity (Wildman–Crippen MR) is 128 cm³/mol. The van der Waals surface area contributed by atoms with E-state index in [2.05, 4.69) is 20.5 Å². The third-order valence-electron chi connectivity index (χ3n) is 4.75. The number of nitrogens with zero attached hydrogens (tertiary/aromatic N) is 4. The van der Waals surface area contributed by atoms with Crippen molar-refractivity contribution in [2.75, 3.05) is 24.4 Å². The van der Waals surface area contributed by atoms with Gasteiger partial charge in [0.05, 0.1) is 23.2 Å². The topological polar surface area (TPSA) is 53.4 Å². The molecule has 5 nitrogen and oxygen atoms in total. The number of alkyl halides is 3.